The Morgan fingerprint density at radius 3 is 0.697 bits per heavy atom. The molecular formula is C56H118Li2N4O12Si2. The van der Waals surface area contributed by atoms with Crippen LogP contribution in [0, 0.1) is 0 Å². The first-order valence-electron chi connectivity index (χ1n) is 27.0. The molecular weight excluding hydrogens is 991 g/mol. The molecule has 0 bridgehead atoms. The van der Waals surface area contributed by atoms with Gasteiger partial charge < -0.3 is 74.7 Å². The Morgan fingerprint density at radius 1 is 0.329 bits per heavy atom. The standard InChI is InChI=1S/C24H52O8Si.C22H46N2O4Si.C10H20N2.2Li/c1-21(2,3)25-13-17-29-33(30-18-14-26-22(4,5)6,31-19-15-27-23(7,8)9)32-20-16-28-24(10,11)12;1-19(2,3)23-13-14-24(20(4,5)6)29(23,27-17-15-25-21(7,8)9)28-18-16-26-22(10,11)12;1-9(2,3)11-7-8-12-10(4,5)6;;/h13-20H2,1-12H3;13-14H,15-18H2,1-12H3;7-8H,1-6H3;;/q;;-2;2*+1/b;;8-7-;;. The summed E-state index contributed by atoms with van der Waals surface area (Å²) in [6.07, 6.45) is 7.77. The molecule has 444 valence electrons. The van der Waals surface area contributed by atoms with Gasteiger partial charge in [0.25, 0.3) is 0 Å². The van der Waals surface area contributed by atoms with Gasteiger partial charge in [0.2, 0.25) is 0 Å². The zero-order valence-corrected chi connectivity index (χ0v) is 57.5. The molecule has 1 rings (SSSR count). The smallest absolute Gasteiger partial charge is 0.687 e. The quantitative estimate of drug-likeness (QED) is 0.0630. The van der Waals surface area contributed by atoms with Crippen molar-refractivity contribution >= 4 is 17.9 Å². The number of ether oxygens (including phenoxy) is 6. The van der Waals surface area contributed by atoms with Crippen LogP contribution in [0.4, 0.5) is 0 Å². The predicted octanol–water partition coefficient (Wildman–Crippen LogP) is 7.33. The van der Waals surface area contributed by atoms with Gasteiger partial charge in [-0.15, -0.1) is 11.1 Å². The van der Waals surface area contributed by atoms with Gasteiger partial charge in [-0.25, -0.2) is 12.4 Å². The zero-order valence-electron chi connectivity index (χ0n) is 55.5. The molecule has 0 aromatic heterocycles. The van der Waals surface area contributed by atoms with Gasteiger partial charge in [-0.05, 0) is 166 Å². The SMILES string of the molecule is CC(C)(C)OCCO[Si](OCCOC(C)(C)C)(OCCOC(C)(C)C)OCCOC(C)(C)C.CC(C)(C)OCCO[Si]1(OCCOC(C)(C)C)N(C(C)(C)C)C=CN1C(C)(C)C.CC(C)(C)[N-]/C=C\[N-]C(C)(C)C.[Li+].[Li+]. The number of hydrogen-bond donors (Lipinski definition) is 0. The van der Waals surface area contributed by atoms with Crippen LogP contribution < -0.4 is 37.7 Å². The Balaban J connectivity index is -0.000000552. The Bertz CT molecular complexity index is 1390. The van der Waals surface area contributed by atoms with Gasteiger partial charge in [-0.3, -0.25) is 0 Å². The average molecular weight is 1110 g/mol. The van der Waals surface area contributed by atoms with Crippen LogP contribution in [0.1, 0.15) is 208 Å². The van der Waals surface area contributed by atoms with Gasteiger partial charge in [0.05, 0.1) is 113 Å². The van der Waals surface area contributed by atoms with Crippen molar-refractivity contribution in [1.82, 2.24) is 9.13 Å². The summed E-state index contributed by atoms with van der Waals surface area (Å²) in [4.78, 5) is 0. The molecule has 0 aliphatic carbocycles. The van der Waals surface area contributed by atoms with Gasteiger partial charge in [0.1, 0.15) is 0 Å². The maximum Gasteiger partial charge on any atom is 1.00 e. The van der Waals surface area contributed by atoms with Crippen LogP contribution in [-0.4, -0.2) is 162 Å². The van der Waals surface area contributed by atoms with E-state index in [0.717, 1.165) is 0 Å². The molecule has 1 heterocycles. The molecule has 0 saturated carbocycles. The Morgan fingerprint density at radius 2 is 0.526 bits per heavy atom. The fraction of sp³-hybridized carbons (Fsp3) is 0.929. The van der Waals surface area contributed by atoms with Crippen LogP contribution in [0.3, 0.4) is 0 Å². The van der Waals surface area contributed by atoms with Crippen molar-refractivity contribution in [3.8, 4) is 0 Å². The van der Waals surface area contributed by atoms with Gasteiger partial charge in [-0.1, -0.05) is 41.5 Å². The molecule has 1 aliphatic heterocycles. The largest absolute Gasteiger partial charge is 1.00 e. The molecule has 0 unspecified atom stereocenters. The minimum Gasteiger partial charge on any atom is -0.687 e. The summed E-state index contributed by atoms with van der Waals surface area (Å²) >= 11 is 0. The maximum atomic E-state index is 6.62. The zero-order chi connectivity index (χ0) is 58.4. The van der Waals surface area contributed by atoms with Crippen molar-refractivity contribution in [2.24, 2.45) is 0 Å². The molecule has 20 heteroatoms. The van der Waals surface area contributed by atoms with Crippen LogP contribution in [0.25, 0.3) is 10.6 Å². The topological polar surface area (TPSA) is 145 Å². The molecule has 0 aromatic carbocycles. The van der Waals surface area contributed by atoms with E-state index in [-0.39, 0.29) is 120 Å². The van der Waals surface area contributed by atoms with E-state index in [0.29, 0.717) is 52.9 Å². The predicted molar refractivity (Wildman–Crippen MR) is 309 cm³/mol. The van der Waals surface area contributed by atoms with Crippen molar-refractivity contribution in [3.05, 3.63) is 35.4 Å². The minimum absolute atomic E-state index is 0. The summed E-state index contributed by atoms with van der Waals surface area (Å²) in [5.41, 5.74) is -1.72. The van der Waals surface area contributed by atoms with Crippen molar-refractivity contribution in [3.63, 3.8) is 0 Å². The Hall–Kier alpha value is -0.171. The molecule has 0 atom stereocenters. The summed E-state index contributed by atoms with van der Waals surface area (Å²) in [5, 5.41) is 8.57. The van der Waals surface area contributed by atoms with Crippen LogP contribution in [-0.2, 0) is 55.0 Å². The average Bonchev–Trinajstić information content (AvgIpc) is 3.56. The third-order valence-corrected chi connectivity index (χ3v) is 15.1. The van der Waals surface area contributed by atoms with E-state index in [4.69, 9.17) is 55.0 Å². The number of hydrogen-bond acceptors (Lipinski definition) is 14. The molecule has 0 N–H and O–H groups in total. The third-order valence-electron chi connectivity index (χ3n) is 8.82. The molecule has 0 aromatic rings. The van der Waals surface area contributed by atoms with Crippen LogP contribution in [0.15, 0.2) is 24.8 Å². The maximum absolute atomic E-state index is 6.62. The second-order valence-corrected chi connectivity index (χ2v) is 33.0. The van der Waals surface area contributed by atoms with E-state index in [2.05, 4.69) is 157 Å². The van der Waals surface area contributed by atoms with E-state index < -0.39 is 17.9 Å². The summed E-state index contributed by atoms with van der Waals surface area (Å²) in [6.45, 7) is 66.5. The first-order valence-corrected chi connectivity index (χ1v) is 30.3. The fourth-order valence-electron chi connectivity index (χ4n) is 5.92. The van der Waals surface area contributed by atoms with Crippen molar-refractivity contribution in [1.29, 1.82) is 0 Å². The van der Waals surface area contributed by atoms with E-state index in [1.807, 2.05) is 83.1 Å². The number of nitrogens with zero attached hydrogens (tertiary/aromatic N) is 4. The normalized spacial score (nSPS) is 15.2. The molecule has 0 radical (unpaired) electrons. The van der Waals surface area contributed by atoms with E-state index in [1.54, 1.807) is 12.4 Å². The first-order chi connectivity index (χ1) is 32.9. The van der Waals surface area contributed by atoms with E-state index in [1.165, 1.54) is 0 Å². The summed E-state index contributed by atoms with van der Waals surface area (Å²) < 4.78 is 77.2. The molecule has 76 heavy (non-hydrogen) atoms. The van der Waals surface area contributed by atoms with Crippen LogP contribution in [0.2, 0.25) is 0 Å². The molecule has 0 saturated heterocycles. The monoisotopic (exact) mass is 1110 g/mol. The fourth-order valence-corrected chi connectivity index (χ4v) is 11.5. The second-order valence-electron chi connectivity index (χ2n) is 28.2. The second kappa shape index (κ2) is 35.1. The molecule has 16 nitrogen and oxygen atoms in total. The van der Waals surface area contributed by atoms with Gasteiger partial charge in [0, 0.05) is 23.5 Å². The van der Waals surface area contributed by atoms with Crippen LogP contribution >= 0.6 is 0 Å². The van der Waals surface area contributed by atoms with Gasteiger partial charge in [0.15, 0.2) is 0 Å². The summed E-state index contributed by atoms with van der Waals surface area (Å²) in [7, 11) is -6.46. The molecule has 0 spiro atoms. The van der Waals surface area contributed by atoms with Crippen molar-refractivity contribution < 1.29 is 92.7 Å². The van der Waals surface area contributed by atoms with Gasteiger partial charge in [-0.2, -0.15) is 0 Å². The van der Waals surface area contributed by atoms with E-state index in [9.17, 15) is 0 Å². The van der Waals surface area contributed by atoms with Crippen molar-refractivity contribution in [2.45, 2.75) is 263 Å². The molecule has 0 fully saturated rings. The Labute approximate surface area is 495 Å². The van der Waals surface area contributed by atoms with Crippen LogP contribution in [0.5, 0.6) is 0 Å². The minimum atomic E-state index is -3.50. The van der Waals surface area contributed by atoms with E-state index >= 15 is 0 Å². The van der Waals surface area contributed by atoms with Gasteiger partial charge >= 0.3 is 55.7 Å². The molecule has 1 aliphatic rings. The third kappa shape index (κ3) is 46.4. The Kier molecular flexibility index (Phi) is 38.0. The summed E-state index contributed by atoms with van der Waals surface area (Å²) in [6, 6.07) is 0. The summed E-state index contributed by atoms with van der Waals surface area (Å²) in [5.74, 6) is 0. The van der Waals surface area contributed by atoms with Crippen molar-refractivity contribution in [2.75, 3.05) is 79.3 Å². The molecule has 0 amide bonds. The number of rotatable bonds is 26. The first kappa shape index (κ1) is 82.3.